The first-order chi connectivity index (χ1) is 14.4. The van der Waals surface area contributed by atoms with Gasteiger partial charge in [-0.3, -0.25) is 4.79 Å². The highest BCUT2D eigenvalue weighted by atomic mass is 127. The van der Waals surface area contributed by atoms with Gasteiger partial charge in [-0.1, -0.05) is 0 Å². The number of aliphatic imine (C=N–C) groups is 1. The van der Waals surface area contributed by atoms with Gasteiger partial charge in [-0.05, 0) is 38.1 Å². The maximum absolute atomic E-state index is 13.7. The van der Waals surface area contributed by atoms with Gasteiger partial charge in [-0.2, -0.15) is 0 Å². The maximum atomic E-state index is 13.7. The minimum Gasteiger partial charge on any atom is -0.493 e. The SMILES string of the molecule is CCNC(=NCC(=O)Nc1ccc(F)c(F)c1F)Nc1ccc(OC)c(OCC)c1.I. The summed E-state index contributed by atoms with van der Waals surface area (Å²) >= 11 is 0. The number of rotatable bonds is 8. The predicted octanol–water partition coefficient (Wildman–Crippen LogP) is 4.15. The van der Waals surface area contributed by atoms with Crippen molar-refractivity contribution in [2.75, 3.05) is 37.4 Å². The summed E-state index contributed by atoms with van der Waals surface area (Å²) < 4.78 is 50.7. The molecule has 0 aliphatic rings. The number of methoxy groups -OCH3 is 1. The monoisotopic (exact) mass is 552 g/mol. The Morgan fingerprint density at radius 2 is 1.77 bits per heavy atom. The Morgan fingerprint density at radius 3 is 2.42 bits per heavy atom. The number of anilines is 2. The zero-order valence-electron chi connectivity index (χ0n) is 17.2. The molecule has 0 radical (unpaired) electrons. The second-order valence-corrected chi connectivity index (χ2v) is 5.89. The molecule has 2 aromatic carbocycles. The third kappa shape index (κ3) is 7.49. The van der Waals surface area contributed by atoms with Gasteiger partial charge in [0.2, 0.25) is 5.91 Å². The Balaban J connectivity index is 0.00000480. The van der Waals surface area contributed by atoms with Gasteiger partial charge < -0.3 is 25.4 Å². The van der Waals surface area contributed by atoms with Crippen LogP contribution in [0, 0.1) is 17.5 Å². The molecule has 0 fully saturated rings. The van der Waals surface area contributed by atoms with E-state index in [9.17, 15) is 18.0 Å². The second-order valence-electron chi connectivity index (χ2n) is 5.89. The van der Waals surface area contributed by atoms with E-state index in [4.69, 9.17) is 9.47 Å². The third-order valence-corrected chi connectivity index (χ3v) is 3.76. The molecule has 0 aliphatic heterocycles. The number of guanidine groups is 1. The van der Waals surface area contributed by atoms with E-state index in [1.165, 1.54) is 7.11 Å². The summed E-state index contributed by atoms with van der Waals surface area (Å²) in [4.78, 5) is 16.2. The Hall–Kier alpha value is -2.70. The zero-order valence-corrected chi connectivity index (χ0v) is 19.6. The molecule has 1 amide bonds. The molecular formula is C20H24F3IN4O3. The minimum absolute atomic E-state index is 0. The van der Waals surface area contributed by atoms with Crippen molar-refractivity contribution in [3.63, 3.8) is 0 Å². The standard InChI is InChI=1S/C20H23F3N4O3.HI/c1-4-24-20(26-12-6-9-15(29-3)16(10-12)30-5-2)25-11-17(28)27-14-8-7-13(21)18(22)19(14)23;/h6-10H,4-5,11H2,1-3H3,(H,27,28)(H2,24,25,26);1H. The highest BCUT2D eigenvalue weighted by Crippen LogP contribution is 2.30. The first-order valence-electron chi connectivity index (χ1n) is 9.19. The number of nitrogens with one attached hydrogen (secondary N) is 3. The van der Waals surface area contributed by atoms with Gasteiger partial charge in [0.05, 0.1) is 19.4 Å². The maximum Gasteiger partial charge on any atom is 0.246 e. The summed E-state index contributed by atoms with van der Waals surface area (Å²) in [6.45, 7) is 4.27. The van der Waals surface area contributed by atoms with Crippen molar-refractivity contribution in [2.24, 2.45) is 4.99 Å². The quantitative estimate of drug-likeness (QED) is 0.199. The molecule has 0 saturated carbocycles. The lowest BCUT2D eigenvalue weighted by atomic mass is 10.2. The minimum atomic E-state index is -1.66. The van der Waals surface area contributed by atoms with Crippen molar-refractivity contribution in [3.05, 3.63) is 47.8 Å². The van der Waals surface area contributed by atoms with Crippen LogP contribution in [0.1, 0.15) is 13.8 Å². The summed E-state index contributed by atoms with van der Waals surface area (Å²) in [5.41, 5.74) is 0.162. The van der Waals surface area contributed by atoms with E-state index < -0.39 is 29.0 Å². The lowest BCUT2D eigenvalue weighted by Crippen LogP contribution is -2.32. The third-order valence-electron chi connectivity index (χ3n) is 3.76. The average Bonchev–Trinajstić information content (AvgIpc) is 2.73. The topological polar surface area (TPSA) is 84.0 Å². The number of benzene rings is 2. The van der Waals surface area contributed by atoms with E-state index in [1.807, 2.05) is 13.8 Å². The van der Waals surface area contributed by atoms with Crippen LogP contribution in [0.4, 0.5) is 24.5 Å². The number of halogens is 4. The molecule has 0 bridgehead atoms. The van der Waals surface area contributed by atoms with Gasteiger partial charge in [0.15, 0.2) is 34.9 Å². The van der Waals surface area contributed by atoms with Gasteiger partial charge in [0, 0.05) is 18.3 Å². The number of carbonyl (C=O) groups excluding carboxylic acids is 1. The van der Waals surface area contributed by atoms with E-state index in [1.54, 1.807) is 18.2 Å². The Bertz CT molecular complexity index is 929. The molecule has 0 atom stereocenters. The molecule has 170 valence electrons. The number of carbonyl (C=O) groups is 1. The molecule has 0 heterocycles. The molecule has 31 heavy (non-hydrogen) atoms. The second kappa shape index (κ2) is 12.9. The molecule has 3 N–H and O–H groups in total. The van der Waals surface area contributed by atoms with Gasteiger partial charge in [-0.15, -0.1) is 24.0 Å². The first kappa shape index (κ1) is 26.3. The summed E-state index contributed by atoms with van der Waals surface area (Å²) in [6.07, 6.45) is 0. The van der Waals surface area contributed by atoms with Gasteiger partial charge in [0.1, 0.15) is 6.54 Å². The van der Waals surface area contributed by atoms with Crippen LogP contribution >= 0.6 is 24.0 Å². The van der Waals surface area contributed by atoms with Crippen LogP contribution in [0.3, 0.4) is 0 Å². The van der Waals surface area contributed by atoms with Crippen LogP contribution in [-0.2, 0) is 4.79 Å². The number of hydrogen-bond donors (Lipinski definition) is 3. The average molecular weight is 552 g/mol. The molecule has 0 saturated heterocycles. The molecule has 0 unspecified atom stereocenters. The molecule has 0 spiro atoms. The number of ether oxygens (including phenoxy) is 2. The Kier molecular flexibility index (Phi) is 10.9. The van der Waals surface area contributed by atoms with E-state index in [-0.39, 0.29) is 36.5 Å². The lowest BCUT2D eigenvalue weighted by Gasteiger charge is -2.14. The van der Waals surface area contributed by atoms with E-state index in [0.717, 1.165) is 12.1 Å². The Labute approximate surface area is 195 Å². The molecule has 2 aromatic rings. The fourth-order valence-electron chi connectivity index (χ4n) is 2.43. The largest absolute Gasteiger partial charge is 0.493 e. The van der Waals surface area contributed by atoms with Crippen molar-refractivity contribution in [2.45, 2.75) is 13.8 Å². The normalized spacial score (nSPS) is 10.7. The first-order valence-corrected chi connectivity index (χ1v) is 9.19. The van der Waals surface area contributed by atoms with Crippen LogP contribution in [0.15, 0.2) is 35.3 Å². The van der Waals surface area contributed by atoms with Crippen LogP contribution in [-0.4, -0.2) is 38.7 Å². The molecule has 0 aliphatic carbocycles. The molecule has 7 nitrogen and oxygen atoms in total. The molecule has 0 aromatic heterocycles. The predicted molar refractivity (Wildman–Crippen MR) is 124 cm³/mol. The summed E-state index contributed by atoms with van der Waals surface area (Å²) in [5.74, 6) is -3.79. The molecular weight excluding hydrogens is 528 g/mol. The highest BCUT2D eigenvalue weighted by Gasteiger charge is 2.15. The van der Waals surface area contributed by atoms with Crippen LogP contribution < -0.4 is 25.4 Å². The summed E-state index contributed by atoms with van der Waals surface area (Å²) in [5, 5.41) is 8.14. The van der Waals surface area contributed by atoms with Crippen LogP contribution in [0.5, 0.6) is 11.5 Å². The van der Waals surface area contributed by atoms with Gasteiger partial charge in [-0.25, -0.2) is 18.2 Å². The number of nitrogens with zero attached hydrogens (tertiary/aromatic N) is 1. The van der Waals surface area contributed by atoms with Crippen molar-refractivity contribution in [1.29, 1.82) is 0 Å². The van der Waals surface area contributed by atoms with Crippen molar-refractivity contribution < 1.29 is 27.4 Å². The van der Waals surface area contributed by atoms with Crippen molar-refractivity contribution in [3.8, 4) is 11.5 Å². The number of amides is 1. The van der Waals surface area contributed by atoms with Crippen molar-refractivity contribution in [1.82, 2.24) is 5.32 Å². The fourth-order valence-corrected chi connectivity index (χ4v) is 2.43. The molecule has 2 rings (SSSR count). The number of hydrogen-bond acceptors (Lipinski definition) is 4. The van der Waals surface area contributed by atoms with Crippen LogP contribution in [0.25, 0.3) is 0 Å². The lowest BCUT2D eigenvalue weighted by molar-refractivity contribution is -0.114. The Morgan fingerprint density at radius 1 is 1.03 bits per heavy atom. The van der Waals surface area contributed by atoms with E-state index >= 15 is 0 Å². The van der Waals surface area contributed by atoms with Gasteiger partial charge in [0.25, 0.3) is 0 Å². The smallest absolute Gasteiger partial charge is 0.246 e. The molecule has 11 heteroatoms. The summed E-state index contributed by atoms with van der Waals surface area (Å²) in [7, 11) is 1.53. The van der Waals surface area contributed by atoms with E-state index in [2.05, 4.69) is 20.9 Å². The van der Waals surface area contributed by atoms with Crippen molar-refractivity contribution >= 4 is 47.2 Å². The highest BCUT2D eigenvalue weighted by molar-refractivity contribution is 14.0. The zero-order chi connectivity index (χ0) is 22.1. The summed E-state index contributed by atoms with van der Waals surface area (Å²) in [6, 6.07) is 6.83. The van der Waals surface area contributed by atoms with Gasteiger partial charge >= 0.3 is 0 Å². The van der Waals surface area contributed by atoms with E-state index in [0.29, 0.717) is 30.3 Å². The fraction of sp³-hybridized carbons (Fsp3) is 0.300. The van der Waals surface area contributed by atoms with Crippen LogP contribution in [0.2, 0.25) is 0 Å².